The zero-order chi connectivity index (χ0) is 15.2. The molecule has 0 fully saturated rings. The molecule has 110 valence electrons. The number of pyridine rings is 1. The molecule has 0 aliphatic rings. The number of amides is 1. The number of aromatic nitrogens is 1. The molecule has 6 heteroatoms. The van der Waals surface area contributed by atoms with Crippen molar-refractivity contribution in [1.29, 1.82) is 0 Å². The van der Waals surface area contributed by atoms with Gasteiger partial charge in [-0.25, -0.2) is 4.98 Å². The Balaban J connectivity index is 2.15. The van der Waals surface area contributed by atoms with Gasteiger partial charge in [0, 0.05) is 27.3 Å². The van der Waals surface area contributed by atoms with Crippen molar-refractivity contribution < 1.29 is 9.53 Å². The van der Waals surface area contributed by atoms with Gasteiger partial charge in [0.25, 0.3) is 5.91 Å². The van der Waals surface area contributed by atoms with E-state index in [0.29, 0.717) is 23.3 Å². The molecule has 0 spiro atoms. The molecule has 0 saturated carbocycles. The minimum atomic E-state index is -0.243. The number of carbonyl (C=O) groups is 1. The second-order valence-electron chi connectivity index (χ2n) is 4.20. The molecule has 0 aliphatic heterocycles. The first-order chi connectivity index (χ1) is 10.1. The van der Waals surface area contributed by atoms with E-state index < -0.39 is 0 Å². The highest BCUT2D eigenvalue weighted by atomic mass is 79.9. The summed E-state index contributed by atoms with van der Waals surface area (Å²) >= 11 is 6.71. The maximum Gasteiger partial charge on any atom is 0.274 e. The summed E-state index contributed by atoms with van der Waals surface area (Å²) in [5.41, 5.74) is 2.06. The average molecular weight is 414 g/mol. The summed E-state index contributed by atoms with van der Waals surface area (Å²) in [7, 11) is 0. The van der Waals surface area contributed by atoms with Crippen LogP contribution in [0.15, 0.2) is 41.0 Å². The number of hydrogen-bond acceptors (Lipinski definition) is 3. The van der Waals surface area contributed by atoms with Gasteiger partial charge < -0.3 is 10.1 Å². The molecule has 0 radical (unpaired) electrons. The molecule has 1 heterocycles. The molecule has 0 unspecified atom stereocenters. The summed E-state index contributed by atoms with van der Waals surface area (Å²) in [4.78, 5) is 16.2. The van der Waals surface area contributed by atoms with Gasteiger partial charge in [0.1, 0.15) is 11.4 Å². The van der Waals surface area contributed by atoms with Gasteiger partial charge in [-0.15, -0.1) is 0 Å². The average Bonchev–Trinajstić information content (AvgIpc) is 2.49. The number of carbonyl (C=O) groups excluding carboxylic acids is 1. The fraction of sp³-hybridized carbons (Fsp3) is 0.200. The van der Waals surface area contributed by atoms with Crippen LogP contribution in [0.5, 0.6) is 5.75 Å². The van der Waals surface area contributed by atoms with E-state index >= 15 is 0 Å². The van der Waals surface area contributed by atoms with Crippen molar-refractivity contribution >= 4 is 43.5 Å². The first-order valence-corrected chi connectivity index (χ1v) is 8.30. The lowest BCUT2D eigenvalue weighted by molar-refractivity contribution is 0.102. The predicted octanol–water partition coefficient (Wildman–Crippen LogP) is 4.39. The molecule has 2 rings (SSSR count). The number of rotatable bonds is 5. The van der Waals surface area contributed by atoms with E-state index in [-0.39, 0.29) is 5.91 Å². The zero-order valence-corrected chi connectivity index (χ0v) is 14.6. The minimum absolute atomic E-state index is 0.243. The Morgan fingerprint density at radius 1 is 1.33 bits per heavy atom. The van der Waals surface area contributed by atoms with Crippen molar-refractivity contribution in [3.63, 3.8) is 0 Å². The molecule has 21 heavy (non-hydrogen) atoms. The number of alkyl halides is 1. The third-order valence-corrected chi connectivity index (χ3v) is 3.80. The van der Waals surface area contributed by atoms with Gasteiger partial charge in [0.2, 0.25) is 0 Å². The minimum Gasteiger partial charge on any atom is -0.494 e. The van der Waals surface area contributed by atoms with Crippen LogP contribution in [0.1, 0.15) is 23.0 Å². The highest BCUT2D eigenvalue weighted by Gasteiger charge is 2.09. The van der Waals surface area contributed by atoms with Crippen molar-refractivity contribution in [3.05, 3.63) is 52.3 Å². The van der Waals surface area contributed by atoms with Crippen LogP contribution in [0.4, 0.5) is 5.69 Å². The smallest absolute Gasteiger partial charge is 0.274 e. The van der Waals surface area contributed by atoms with E-state index in [9.17, 15) is 4.79 Å². The highest BCUT2D eigenvalue weighted by Crippen LogP contribution is 2.25. The maximum atomic E-state index is 12.1. The number of benzene rings is 1. The number of nitrogens with one attached hydrogen (secondary N) is 1. The molecule has 0 saturated heterocycles. The van der Waals surface area contributed by atoms with Crippen molar-refractivity contribution in [1.82, 2.24) is 4.98 Å². The summed E-state index contributed by atoms with van der Waals surface area (Å²) in [5.74, 6) is 0.571. The standard InChI is InChI=1S/C15H14Br2N2O2/c1-2-21-14-6-4-12(7-10(14)8-16)19-15(20)13-5-3-11(17)9-18-13/h3-7,9H,2,8H2,1H3,(H,19,20). The van der Waals surface area contributed by atoms with Gasteiger partial charge in [-0.05, 0) is 53.2 Å². The fourth-order valence-corrected chi connectivity index (χ4v) is 2.44. The summed E-state index contributed by atoms with van der Waals surface area (Å²) in [5, 5.41) is 3.48. The molecule has 1 N–H and O–H groups in total. The van der Waals surface area contributed by atoms with E-state index in [1.165, 1.54) is 0 Å². The molecule has 1 aromatic heterocycles. The first-order valence-electron chi connectivity index (χ1n) is 6.38. The van der Waals surface area contributed by atoms with E-state index in [2.05, 4.69) is 42.2 Å². The van der Waals surface area contributed by atoms with E-state index in [4.69, 9.17) is 4.74 Å². The fourth-order valence-electron chi connectivity index (χ4n) is 1.76. The van der Waals surface area contributed by atoms with Gasteiger partial charge in [-0.2, -0.15) is 0 Å². The van der Waals surface area contributed by atoms with Gasteiger partial charge in [-0.3, -0.25) is 4.79 Å². The quantitative estimate of drug-likeness (QED) is 0.739. The molecule has 0 aliphatic carbocycles. The van der Waals surface area contributed by atoms with Crippen LogP contribution in [-0.2, 0) is 5.33 Å². The Labute approximate surface area is 140 Å². The van der Waals surface area contributed by atoms with Crippen molar-refractivity contribution in [3.8, 4) is 5.75 Å². The largest absolute Gasteiger partial charge is 0.494 e. The predicted molar refractivity (Wildman–Crippen MR) is 90.1 cm³/mol. The summed E-state index contributed by atoms with van der Waals surface area (Å²) < 4.78 is 6.36. The number of anilines is 1. The van der Waals surface area contributed by atoms with Gasteiger partial charge in [-0.1, -0.05) is 15.9 Å². The van der Waals surface area contributed by atoms with E-state index in [1.807, 2.05) is 25.1 Å². The summed E-state index contributed by atoms with van der Waals surface area (Å²) in [6, 6.07) is 9.00. The molecule has 2 aromatic rings. The molecule has 1 aromatic carbocycles. The number of ether oxygens (including phenoxy) is 1. The second-order valence-corrected chi connectivity index (χ2v) is 5.68. The van der Waals surface area contributed by atoms with Gasteiger partial charge >= 0.3 is 0 Å². The molecular weight excluding hydrogens is 400 g/mol. The Hall–Kier alpha value is -1.40. The van der Waals surface area contributed by atoms with Crippen LogP contribution in [0, 0.1) is 0 Å². The SMILES string of the molecule is CCOc1ccc(NC(=O)c2ccc(Br)cn2)cc1CBr. The van der Waals surface area contributed by atoms with E-state index in [0.717, 1.165) is 15.8 Å². The molecule has 0 bridgehead atoms. The van der Waals surface area contributed by atoms with Gasteiger partial charge in [0.15, 0.2) is 0 Å². The normalized spacial score (nSPS) is 10.2. The Morgan fingerprint density at radius 3 is 2.76 bits per heavy atom. The first kappa shape index (κ1) is 16.0. The van der Waals surface area contributed by atoms with Crippen LogP contribution in [-0.4, -0.2) is 17.5 Å². The summed E-state index contributed by atoms with van der Waals surface area (Å²) in [6.45, 7) is 2.54. The lowest BCUT2D eigenvalue weighted by Crippen LogP contribution is -2.13. The molecule has 0 atom stereocenters. The zero-order valence-electron chi connectivity index (χ0n) is 11.4. The summed E-state index contributed by atoms with van der Waals surface area (Å²) in [6.07, 6.45) is 1.59. The Kier molecular flexibility index (Phi) is 5.76. The Bertz CT molecular complexity index is 630. The third kappa shape index (κ3) is 4.28. The number of nitrogens with zero attached hydrogens (tertiary/aromatic N) is 1. The van der Waals surface area contributed by atoms with Crippen LogP contribution in [0.3, 0.4) is 0 Å². The Morgan fingerprint density at radius 2 is 2.14 bits per heavy atom. The van der Waals surface area contributed by atoms with Gasteiger partial charge in [0.05, 0.1) is 6.61 Å². The number of hydrogen-bond donors (Lipinski definition) is 1. The maximum absolute atomic E-state index is 12.1. The van der Waals surface area contributed by atoms with Crippen molar-refractivity contribution in [2.45, 2.75) is 12.3 Å². The lowest BCUT2D eigenvalue weighted by atomic mass is 10.2. The van der Waals surface area contributed by atoms with Crippen LogP contribution < -0.4 is 10.1 Å². The van der Waals surface area contributed by atoms with Crippen molar-refractivity contribution in [2.75, 3.05) is 11.9 Å². The topological polar surface area (TPSA) is 51.2 Å². The lowest BCUT2D eigenvalue weighted by Gasteiger charge is -2.11. The highest BCUT2D eigenvalue weighted by molar-refractivity contribution is 9.10. The van der Waals surface area contributed by atoms with E-state index in [1.54, 1.807) is 18.3 Å². The third-order valence-electron chi connectivity index (χ3n) is 2.72. The second kappa shape index (κ2) is 7.56. The molecular formula is C15H14Br2N2O2. The molecule has 4 nitrogen and oxygen atoms in total. The number of halogens is 2. The monoisotopic (exact) mass is 412 g/mol. The molecule has 1 amide bonds. The van der Waals surface area contributed by atoms with Crippen molar-refractivity contribution in [2.24, 2.45) is 0 Å². The van der Waals surface area contributed by atoms with Crippen LogP contribution in [0.25, 0.3) is 0 Å². The van der Waals surface area contributed by atoms with Crippen LogP contribution >= 0.6 is 31.9 Å². The van der Waals surface area contributed by atoms with Crippen LogP contribution in [0.2, 0.25) is 0 Å².